The van der Waals surface area contributed by atoms with Crippen molar-refractivity contribution < 1.29 is 9.53 Å². The third-order valence-corrected chi connectivity index (χ3v) is 3.10. The highest BCUT2D eigenvalue weighted by atomic mass is 16.5. The number of rotatable bonds is 5. The van der Waals surface area contributed by atoms with Crippen LogP contribution >= 0.6 is 0 Å². The van der Waals surface area contributed by atoms with Crippen LogP contribution in [0.2, 0.25) is 0 Å². The van der Waals surface area contributed by atoms with Gasteiger partial charge in [-0.2, -0.15) is 0 Å². The van der Waals surface area contributed by atoms with Crippen LogP contribution in [0.3, 0.4) is 0 Å². The summed E-state index contributed by atoms with van der Waals surface area (Å²) in [7, 11) is 0. The molecule has 0 spiro atoms. The molecule has 2 unspecified atom stereocenters. The molecule has 1 aliphatic rings. The number of ether oxygens (including phenoxy) is 1. The van der Waals surface area contributed by atoms with E-state index in [1.807, 2.05) is 18.3 Å². The lowest BCUT2D eigenvalue weighted by Crippen LogP contribution is -2.36. The van der Waals surface area contributed by atoms with Crippen LogP contribution in [0.1, 0.15) is 18.4 Å². The average Bonchev–Trinajstić information content (AvgIpc) is 2.89. The SMILES string of the molecule is NCC1CCC(C(=O)NCCc2cccnc2)O1. The Kier molecular flexibility index (Phi) is 4.66. The molecule has 0 radical (unpaired) electrons. The third kappa shape index (κ3) is 3.51. The Morgan fingerprint density at radius 1 is 1.56 bits per heavy atom. The van der Waals surface area contributed by atoms with Gasteiger partial charge in [0.25, 0.3) is 0 Å². The van der Waals surface area contributed by atoms with E-state index in [1.165, 1.54) is 0 Å². The zero-order valence-electron chi connectivity index (χ0n) is 10.3. The topological polar surface area (TPSA) is 77.2 Å². The Bertz CT molecular complexity index is 383. The van der Waals surface area contributed by atoms with Gasteiger partial charge in [-0.25, -0.2) is 0 Å². The fourth-order valence-corrected chi connectivity index (χ4v) is 2.06. The molecule has 3 N–H and O–H groups in total. The molecule has 5 heteroatoms. The van der Waals surface area contributed by atoms with Gasteiger partial charge in [0.15, 0.2) is 0 Å². The van der Waals surface area contributed by atoms with Crippen molar-refractivity contribution in [3.63, 3.8) is 0 Å². The summed E-state index contributed by atoms with van der Waals surface area (Å²) in [5.41, 5.74) is 6.62. The Balaban J connectivity index is 1.69. The summed E-state index contributed by atoms with van der Waals surface area (Å²) in [5.74, 6) is -0.0326. The highest BCUT2D eigenvalue weighted by Gasteiger charge is 2.29. The van der Waals surface area contributed by atoms with Gasteiger partial charge in [0.2, 0.25) is 5.91 Å². The van der Waals surface area contributed by atoms with Crippen molar-refractivity contribution in [1.29, 1.82) is 0 Å². The van der Waals surface area contributed by atoms with Crippen LogP contribution in [0.5, 0.6) is 0 Å². The van der Waals surface area contributed by atoms with E-state index in [0.717, 1.165) is 24.8 Å². The molecule has 1 fully saturated rings. The van der Waals surface area contributed by atoms with Gasteiger partial charge in [0, 0.05) is 25.5 Å². The van der Waals surface area contributed by atoms with Crippen molar-refractivity contribution in [1.82, 2.24) is 10.3 Å². The van der Waals surface area contributed by atoms with Gasteiger partial charge in [0.05, 0.1) is 6.10 Å². The fraction of sp³-hybridized carbons (Fsp3) is 0.538. The van der Waals surface area contributed by atoms with Crippen LogP contribution < -0.4 is 11.1 Å². The van der Waals surface area contributed by atoms with E-state index < -0.39 is 0 Å². The maximum Gasteiger partial charge on any atom is 0.249 e. The molecule has 2 atom stereocenters. The molecule has 18 heavy (non-hydrogen) atoms. The highest BCUT2D eigenvalue weighted by Crippen LogP contribution is 2.18. The lowest BCUT2D eigenvalue weighted by molar-refractivity contribution is -0.131. The van der Waals surface area contributed by atoms with E-state index in [4.69, 9.17) is 10.5 Å². The van der Waals surface area contributed by atoms with Gasteiger partial charge in [0.1, 0.15) is 6.10 Å². The van der Waals surface area contributed by atoms with E-state index in [1.54, 1.807) is 6.20 Å². The summed E-state index contributed by atoms with van der Waals surface area (Å²) < 4.78 is 5.53. The number of pyridine rings is 1. The van der Waals surface area contributed by atoms with Crippen LogP contribution in [0.4, 0.5) is 0 Å². The largest absolute Gasteiger partial charge is 0.364 e. The molecule has 1 aromatic heterocycles. The molecule has 0 bridgehead atoms. The van der Waals surface area contributed by atoms with E-state index in [-0.39, 0.29) is 18.1 Å². The molecule has 1 saturated heterocycles. The Morgan fingerprint density at radius 3 is 3.11 bits per heavy atom. The number of nitrogens with zero attached hydrogens (tertiary/aromatic N) is 1. The quantitative estimate of drug-likeness (QED) is 0.784. The van der Waals surface area contributed by atoms with Gasteiger partial charge in [-0.15, -0.1) is 0 Å². The number of nitrogens with one attached hydrogen (secondary N) is 1. The van der Waals surface area contributed by atoms with E-state index in [2.05, 4.69) is 10.3 Å². The molecule has 1 aliphatic heterocycles. The number of hydrogen-bond acceptors (Lipinski definition) is 4. The lowest BCUT2D eigenvalue weighted by atomic mass is 10.2. The maximum absolute atomic E-state index is 11.8. The zero-order valence-corrected chi connectivity index (χ0v) is 10.3. The first kappa shape index (κ1) is 13.0. The molecule has 2 rings (SSSR count). The summed E-state index contributed by atoms with van der Waals surface area (Å²) in [6, 6.07) is 3.89. The van der Waals surface area contributed by atoms with E-state index >= 15 is 0 Å². The maximum atomic E-state index is 11.8. The lowest BCUT2D eigenvalue weighted by Gasteiger charge is -2.12. The average molecular weight is 249 g/mol. The van der Waals surface area contributed by atoms with Crippen molar-refractivity contribution in [3.8, 4) is 0 Å². The minimum atomic E-state index is -0.326. The molecular weight excluding hydrogens is 230 g/mol. The molecular formula is C13H19N3O2. The van der Waals surface area contributed by atoms with Gasteiger partial charge < -0.3 is 15.8 Å². The number of hydrogen-bond donors (Lipinski definition) is 2. The predicted molar refractivity (Wildman–Crippen MR) is 67.9 cm³/mol. The molecule has 0 saturated carbocycles. The van der Waals surface area contributed by atoms with Crippen LogP contribution in [0, 0.1) is 0 Å². The molecule has 98 valence electrons. The minimum Gasteiger partial charge on any atom is -0.364 e. The Morgan fingerprint density at radius 2 is 2.44 bits per heavy atom. The molecule has 2 heterocycles. The first-order chi connectivity index (χ1) is 8.79. The molecule has 0 aromatic carbocycles. The summed E-state index contributed by atoms with van der Waals surface area (Å²) >= 11 is 0. The van der Waals surface area contributed by atoms with E-state index in [9.17, 15) is 4.79 Å². The number of nitrogens with two attached hydrogens (primary N) is 1. The van der Waals surface area contributed by atoms with Crippen molar-refractivity contribution in [2.45, 2.75) is 31.5 Å². The van der Waals surface area contributed by atoms with Crippen molar-refractivity contribution in [3.05, 3.63) is 30.1 Å². The Hall–Kier alpha value is -1.46. The number of carbonyl (C=O) groups is 1. The minimum absolute atomic E-state index is 0.0326. The number of aromatic nitrogens is 1. The van der Waals surface area contributed by atoms with Crippen molar-refractivity contribution in [2.75, 3.05) is 13.1 Å². The number of amides is 1. The first-order valence-electron chi connectivity index (χ1n) is 6.31. The molecule has 5 nitrogen and oxygen atoms in total. The normalized spacial score (nSPS) is 22.9. The third-order valence-electron chi connectivity index (χ3n) is 3.10. The van der Waals surface area contributed by atoms with Gasteiger partial charge in [-0.05, 0) is 30.9 Å². The van der Waals surface area contributed by atoms with Gasteiger partial charge in [-0.3, -0.25) is 9.78 Å². The second-order valence-corrected chi connectivity index (χ2v) is 4.46. The van der Waals surface area contributed by atoms with Gasteiger partial charge >= 0.3 is 0 Å². The predicted octanol–water partition coefficient (Wildman–Crippen LogP) is 0.247. The van der Waals surface area contributed by atoms with Crippen LogP contribution in [-0.4, -0.2) is 36.2 Å². The smallest absolute Gasteiger partial charge is 0.249 e. The fourth-order valence-electron chi connectivity index (χ4n) is 2.06. The highest BCUT2D eigenvalue weighted by molar-refractivity contribution is 5.81. The summed E-state index contributed by atoms with van der Waals surface area (Å²) in [4.78, 5) is 15.8. The summed E-state index contributed by atoms with van der Waals surface area (Å²) in [6.45, 7) is 1.09. The van der Waals surface area contributed by atoms with Crippen LogP contribution in [0.15, 0.2) is 24.5 Å². The summed E-state index contributed by atoms with van der Waals surface area (Å²) in [6.07, 6.45) is 5.68. The number of carbonyl (C=O) groups excluding carboxylic acids is 1. The van der Waals surface area contributed by atoms with Crippen molar-refractivity contribution >= 4 is 5.91 Å². The summed E-state index contributed by atoms with van der Waals surface area (Å²) in [5, 5.41) is 2.89. The molecule has 1 amide bonds. The Labute approximate surface area is 107 Å². The van der Waals surface area contributed by atoms with E-state index in [0.29, 0.717) is 13.1 Å². The second-order valence-electron chi connectivity index (χ2n) is 4.46. The monoisotopic (exact) mass is 249 g/mol. The first-order valence-corrected chi connectivity index (χ1v) is 6.31. The molecule has 1 aromatic rings. The van der Waals surface area contributed by atoms with Crippen LogP contribution in [-0.2, 0) is 16.0 Å². The van der Waals surface area contributed by atoms with Crippen LogP contribution in [0.25, 0.3) is 0 Å². The molecule has 0 aliphatic carbocycles. The zero-order chi connectivity index (χ0) is 12.8. The standard InChI is InChI=1S/C13H19N3O2/c14-8-11-3-4-12(18-11)13(17)16-7-5-10-2-1-6-15-9-10/h1-2,6,9,11-12H,3-5,7-8,14H2,(H,16,17). The van der Waals surface area contributed by atoms with Gasteiger partial charge in [-0.1, -0.05) is 6.07 Å². The van der Waals surface area contributed by atoms with Crippen molar-refractivity contribution in [2.24, 2.45) is 5.73 Å². The second kappa shape index (κ2) is 6.47.